The fraction of sp³-hybridized carbons (Fsp3) is 0.524. The molecule has 0 bridgehead atoms. The zero-order valence-corrected chi connectivity index (χ0v) is 16.7. The Labute approximate surface area is 162 Å². The maximum Gasteiger partial charge on any atom is 0.191 e. The number of aromatic nitrogens is 2. The molecule has 3 rings (SSSR count). The lowest BCUT2D eigenvalue weighted by molar-refractivity contribution is 0.357. The van der Waals surface area contributed by atoms with Gasteiger partial charge in [-0.05, 0) is 56.9 Å². The molecule has 146 valence electrons. The van der Waals surface area contributed by atoms with E-state index in [-0.39, 0.29) is 0 Å². The van der Waals surface area contributed by atoms with Gasteiger partial charge in [0.25, 0.3) is 0 Å². The van der Waals surface area contributed by atoms with E-state index in [1.54, 1.807) is 0 Å². The van der Waals surface area contributed by atoms with Crippen LogP contribution < -0.4 is 15.4 Å². The lowest BCUT2D eigenvalue weighted by Crippen LogP contribution is -2.38. The number of hydrogen-bond donors (Lipinski definition) is 2. The standard InChI is InChI=1S/C21H31N5O/c1-4-22-21(23-10-5-12-26-17(3)14-16(2)25-26)24-11-8-18-6-7-20-19(15-18)9-13-27-20/h6-7,14-15H,4-5,8-13H2,1-3H3,(H2,22,23,24). The van der Waals surface area contributed by atoms with Crippen LogP contribution in [0.4, 0.5) is 0 Å². The molecule has 0 unspecified atom stereocenters. The summed E-state index contributed by atoms with van der Waals surface area (Å²) in [6.07, 6.45) is 2.97. The van der Waals surface area contributed by atoms with Gasteiger partial charge >= 0.3 is 0 Å². The molecule has 0 amide bonds. The van der Waals surface area contributed by atoms with Crippen LogP contribution >= 0.6 is 0 Å². The first-order chi connectivity index (χ1) is 13.2. The molecule has 0 atom stereocenters. The van der Waals surface area contributed by atoms with Gasteiger partial charge in [-0.3, -0.25) is 9.67 Å². The molecular weight excluding hydrogens is 338 g/mol. The first-order valence-corrected chi connectivity index (χ1v) is 9.93. The number of benzene rings is 1. The number of nitrogens with one attached hydrogen (secondary N) is 2. The van der Waals surface area contributed by atoms with Gasteiger partial charge in [-0.1, -0.05) is 12.1 Å². The summed E-state index contributed by atoms with van der Waals surface area (Å²) in [5.74, 6) is 1.93. The van der Waals surface area contributed by atoms with Crippen LogP contribution in [-0.4, -0.2) is 42.0 Å². The number of rotatable bonds is 8. The highest BCUT2D eigenvalue weighted by atomic mass is 16.5. The minimum Gasteiger partial charge on any atom is -0.493 e. The second kappa shape index (κ2) is 9.44. The van der Waals surface area contributed by atoms with Crippen molar-refractivity contribution < 1.29 is 4.74 Å². The Morgan fingerprint density at radius 1 is 1.26 bits per heavy atom. The summed E-state index contributed by atoms with van der Waals surface area (Å²) in [5, 5.41) is 11.3. The van der Waals surface area contributed by atoms with E-state index in [1.165, 1.54) is 16.8 Å². The second-order valence-corrected chi connectivity index (χ2v) is 6.98. The molecule has 2 aromatic rings. The summed E-state index contributed by atoms with van der Waals surface area (Å²) in [7, 11) is 0. The van der Waals surface area contributed by atoms with Crippen molar-refractivity contribution in [2.24, 2.45) is 4.99 Å². The average Bonchev–Trinajstić information content (AvgIpc) is 3.24. The Morgan fingerprint density at radius 2 is 2.15 bits per heavy atom. The van der Waals surface area contributed by atoms with E-state index in [4.69, 9.17) is 4.74 Å². The van der Waals surface area contributed by atoms with Crippen LogP contribution in [0.15, 0.2) is 29.3 Å². The molecule has 6 nitrogen and oxygen atoms in total. The molecule has 0 radical (unpaired) electrons. The minimum atomic E-state index is 0.782. The molecule has 1 aliphatic heterocycles. The van der Waals surface area contributed by atoms with E-state index in [2.05, 4.69) is 63.5 Å². The number of aliphatic imine (C=N–C) groups is 1. The van der Waals surface area contributed by atoms with Crippen LogP contribution in [-0.2, 0) is 19.4 Å². The van der Waals surface area contributed by atoms with Crippen LogP contribution in [0.25, 0.3) is 0 Å². The number of guanidine groups is 1. The van der Waals surface area contributed by atoms with E-state index in [1.807, 2.05) is 6.92 Å². The summed E-state index contributed by atoms with van der Waals surface area (Å²) in [5.41, 5.74) is 4.95. The van der Waals surface area contributed by atoms with Gasteiger partial charge in [0.15, 0.2) is 5.96 Å². The number of nitrogens with zero attached hydrogens (tertiary/aromatic N) is 3. The Morgan fingerprint density at radius 3 is 2.93 bits per heavy atom. The van der Waals surface area contributed by atoms with Gasteiger partial charge in [0.1, 0.15) is 5.75 Å². The fourth-order valence-corrected chi connectivity index (χ4v) is 3.38. The van der Waals surface area contributed by atoms with Gasteiger partial charge in [0, 0.05) is 38.3 Å². The van der Waals surface area contributed by atoms with Gasteiger partial charge in [-0.2, -0.15) is 5.10 Å². The summed E-state index contributed by atoms with van der Waals surface area (Å²) >= 11 is 0. The predicted molar refractivity (Wildman–Crippen MR) is 110 cm³/mol. The van der Waals surface area contributed by atoms with E-state index in [9.17, 15) is 0 Å². The zero-order chi connectivity index (χ0) is 19.1. The Bertz CT molecular complexity index is 781. The average molecular weight is 370 g/mol. The summed E-state index contributed by atoms with van der Waals surface area (Å²) in [6.45, 7) is 10.4. The normalized spacial score (nSPS) is 13.4. The lowest BCUT2D eigenvalue weighted by atomic mass is 10.1. The molecule has 6 heteroatoms. The summed E-state index contributed by atoms with van der Waals surface area (Å²) < 4.78 is 7.63. The van der Waals surface area contributed by atoms with Gasteiger partial charge in [-0.15, -0.1) is 0 Å². The lowest BCUT2D eigenvalue weighted by Gasteiger charge is -2.12. The van der Waals surface area contributed by atoms with Gasteiger partial charge in [0.2, 0.25) is 0 Å². The van der Waals surface area contributed by atoms with E-state index in [0.717, 1.165) is 69.5 Å². The van der Waals surface area contributed by atoms with Crippen molar-refractivity contribution in [3.05, 3.63) is 46.8 Å². The summed E-state index contributed by atoms with van der Waals surface area (Å²) in [6, 6.07) is 8.63. The highest BCUT2D eigenvalue weighted by molar-refractivity contribution is 5.79. The third kappa shape index (κ3) is 5.49. The van der Waals surface area contributed by atoms with Gasteiger partial charge < -0.3 is 15.4 Å². The molecule has 2 heterocycles. The molecule has 0 aliphatic carbocycles. The van der Waals surface area contributed by atoms with Crippen molar-refractivity contribution in [3.8, 4) is 5.75 Å². The second-order valence-electron chi connectivity index (χ2n) is 6.98. The maximum atomic E-state index is 5.57. The monoisotopic (exact) mass is 369 g/mol. The third-order valence-electron chi connectivity index (χ3n) is 4.71. The van der Waals surface area contributed by atoms with Crippen LogP contribution in [0.2, 0.25) is 0 Å². The summed E-state index contributed by atoms with van der Waals surface area (Å²) in [4.78, 5) is 4.69. The van der Waals surface area contributed by atoms with E-state index < -0.39 is 0 Å². The molecule has 2 N–H and O–H groups in total. The molecular formula is C21H31N5O. The quantitative estimate of drug-likeness (QED) is 0.427. The van der Waals surface area contributed by atoms with Gasteiger partial charge in [0.05, 0.1) is 12.3 Å². The van der Waals surface area contributed by atoms with Gasteiger partial charge in [-0.25, -0.2) is 0 Å². The molecule has 0 saturated heterocycles. The number of fused-ring (bicyclic) bond motifs is 1. The zero-order valence-electron chi connectivity index (χ0n) is 16.7. The number of aryl methyl sites for hydroxylation is 3. The first kappa shape index (κ1) is 19.3. The first-order valence-electron chi connectivity index (χ1n) is 9.93. The van der Waals surface area contributed by atoms with Crippen molar-refractivity contribution in [2.75, 3.05) is 26.2 Å². The highest BCUT2D eigenvalue weighted by Gasteiger charge is 2.11. The van der Waals surface area contributed by atoms with E-state index >= 15 is 0 Å². The van der Waals surface area contributed by atoms with Crippen molar-refractivity contribution in [3.63, 3.8) is 0 Å². The Balaban J connectivity index is 1.43. The minimum absolute atomic E-state index is 0.782. The van der Waals surface area contributed by atoms with Crippen LogP contribution in [0.3, 0.4) is 0 Å². The van der Waals surface area contributed by atoms with Crippen molar-refractivity contribution in [1.82, 2.24) is 20.4 Å². The molecule has 27 heavy (non-hydrogen) atoms. The van der Waals surface area contributed by atoms with Crippen molar-refractivity contribution in [1.29, 1.82) is 0 Å². The van der Waals surface area contributed by atoms with Crippen LogP contribution in [0.1, 0.15) is 35.9 Å². The van der Waals surface area contributed by atoms with Crippen LogP contribution in [0.5, 0.6) is 5.75 Å². The third-order valence-corrected chi connectivity index (χ3v) is 4.71. The maximum absolute atomic E-state index is 5.57. The molecule has 1 aromatic heterocycles. The smallest absolute Gasteiger partial charge is 0.191 e. The molecule has 0 fully saturated rings. The number of ether oxygens (including phenoxy) is 1. The van der Waals surface area contributed by atoms with Crippen molar-refractivity contribution >= 4 is 5.96 Å². The highest BCUT2D eigenvalue weighted by Crippen LogP contribution is 2.25. The topological polar surface area (TPSA) is 63.5 Å². The predicted octanol–water partition coefficient (Wildman–Crippen LogP) is 2.62. The Kier molecular flexibility index (Phi) is 6.74. The molecule has 0 spiro atoms. The SMILES string of the molecule is CCNC(=NCCCn1nc(C)cc1C)NCCc1ccc2c(c1)CCO2. The molecule has 1 aliphatic rings. The number of hydrogen-bond acceptors (Lipinski definition) is 3. The van der Waals surface area contributed by atoms with Crippen molar-refractivity contribution in [2.45, 2.75) is 46.6 Å². The van der Waals surface area contributed by atoms with E-state index in [0.29, 0.717) is 0 Å². The molecule has 1 aromatic carbocycles. The fourth-order valence-electron chi connectivity index (χ4n) is 3.38. The molecule has 0 saturated carbocycles. The largest absolute Gasteiger partial charge is 0.493 e. The van der Waals surface area contributed by atoms with Crippen LogP contribution in [0, 0.1) is 13.8 Å². The Hall–Kier alpha value is -2.50.